The molecule has 0 aromatic heterocycles. The van der Waals surface area contributed by atoms with E-state index >= 15 is 0 Å². The van der Waals surface area contributed by atoms with Gasteiger partial charge in [-0.3, -0.25) is 4.79 Å². The Kier molecular flexibility index (Phi) is 6.30. The van der Waals surface area contributed by atoms with Crippen molar-refractivity contribution < 1.29 is 9.59 Å². The van der Waals surface area contributed by atoms with Crippen molar-refractivity contribution in [1.82, 2.24) is 15.5 Å². The summed E-state index contributed by atoms with van der Waals surface area (Å²) in [6.07, 6.45) is 3.40. The fourth-order valence-electron chi connectivity index (χ4n) is 2.40. The fourth-order valence-corrected chi connectivity index (χ4v) is 2.40. The summed E-state index contributed by atoms with van der Waals surface area (Å²) in [6, 6.07) is 0.0803. The molecular weight excluding hydrogens is 254 g/mol. The number of amides is 3. The van der Waals surface area contributed by atoms with Crippen LogP contribution in [0.15, 0.2) is 0 Å². The maximum absolute atomic E-state index is 11.9. The minimum atomic E-state index is -0.0306. The van der Waals surface area contributed by atoms with Crippen molar-refractivity contribution in [2.75, 3.05) is 19.6 Å². The summed E-state index contributed by atoms with van der Waals surface area (Å²) in [5.41, 5.74) is 0.280. The topological polar surface area (TPSA) is 61.4 Å². The first-order chi connectivity index (χ1) is 9.31. The first kappa shape index (κ1) is 16.8. The summed E-state index contributed by atoms with van der Waals surface area (Å²) >= 11 is 0. The number of hydrogen-bond acceptors (Lipinski definition) is 2. The zero-order valence-corrected chi connectivity index (χ0v) is 13.3. The van der Waals surface area contributed by atoms with E-state index < -0.39 is 0 Å². The predicted molar refractivity (Wildman–Crippen MR) is 80.5 cm³/mol. The Morgan fingerprint density at radius 3 is 2.60 bits per heavy atom. The highest BCUT2D eigenvalue weighted by Crippen LogP contribution is 2.21. The molecule has 1 heterocycles. The number of carbonyl (C=O) groups excluding carboxylic acids is 2. The first-order valence-electron chi connectivity index (χ1n) is 7.64. The average Bonchev–Trinajstić information content (AvgIpc) is 2.76. The summed E-state index contributed by atoms with van der Waals surface area (Å²) in [5, 5.41) is 5.82. The molecule has 0 spiro atoms. The second kappa shape index (κ2) is 7.50. The van der Waals surface area contributed by atoms with Crippen molar-refractivity contribution in [1.29, 1.82) is 0 Å². The SMILES string of the molecule is CCNC(=O)N1CC[C@H](NC(=O)CCCC(C)(C)C)C1. The number of rotatable bonds is 5. The molecule has 5 heteroatoms. The van der Waals surface area contributed by atoms with Crippen molar-refractivity contribution in [3.05, 3.63) is 0 Å². The van der Waals surface area contributed by atoms with E-state index in [1.54, 1.807) is 4.90 Å². The van der Waals surface area contributed by atoms with Crippen LogP contribution in [0.5, 0.6) is 0 Å². The number of carbonyl (C=O) groups is 2. The lowest BCUT2D eigenvalue weighted by atomic mass is 9.90. The van der Waals surface area contributed by atoms with Crippen LogP contribution < -0.4 is 10.6 Å². The monoisotopic (exact) mass is 283 g/mol. The molecule has 0 unspecified atom stereocenters. The molecule has 0 radical (unpaired) electrons. The van der Waals surface area contributed by atoms with Crippen molar-refractivity contribution in [2.24, 2.45) is 5.41 Å². The van der Waals surface area contributed by atoms with E-state index in [4.69, 9.17) is 0 Å². The van der Waals surface area contributed by atoms with Crippen molar-refractivity contribution >= 4 is 11.9 Å². The molecule has 3 amide bonds. The number of nitrogens with one attached hydrogen (secondary N) is 2. The van der Waals surface area contributed by atoms with E-state index in [-0.39, 0.29) is 23.4 Å². The number of nitrogens with zero attached hydrogens (tertiary/aromatic N) is 1. The van der Waals surface area contributed by atoms with Gasteiger partial charge in [-0.2, -0.15) is 0 Å². The minimum Gasteiger partial charge on any atom is -0.352 e. The van der Waals surface area contributed by atoms with Crippen molar-refractivity contribution in [3.63, 3.8) is 0 Å². The Labute approximate surface area is 122 Å². The van der Waals surface area contributed by atoms with E-state index in [1.807, 2.05) is 6.92 Å². The first-order valence-corrected chi connectivity index (χ1v) is 7.64. The molecule has 1 fully saturated rings. The molecule has 20 heavy (non-hydrogen) atoms. The van der Waals surface area contributed by atoms with Crippen molar-refractivity contribution in [3.8, 4) is 0 Å². The lowest BCUT2D eigenvalue weighted by Gasteiger charge is -2.19. The maximum atomic E-state index is 11.9. The van der Waals surface area contributed by atoms with Gasteiger partial charge >= 0.3 is 6.03 Å². The molecule has 0 aromatic rings. The summed E-state index contributed by atoms with van der Waals surface area (Å²) in [4.78, 5) is 25.3. The molecule has 1 aliphatic heterocycles. The normalized spacial score (nSPS) is 19.0. The summed E-state index contributed by atoms with van der Waals surface area (Å²) in [5.74, 6) is 0.108. The molecule has 1 rings (SSSR count). The highest BCUT2D eigenvalue weighted by molar-refractivity contribution is 5.77. The standard InChI is InChI=1S/C15H29N3O2/c1-5-16-14(20)18-10-8-12(11-18)17-13(19)7-6-9-15(2,3)4/h12H,5-11H2,1-4H3,(H,16,20)(H,17,19)/t12-/m0/s1. The highest BCUT2D eigenvalue weighted by Gasteiger charge is 2.26. The molecule has 2 N–H and O–H groups in total. The third kappa shape index (κ3) is 6.26. The second-order valence-corrected chi connectivity index (χ2v) is 6.75. The van der Waals surface area contributed by atoms with Crippen LogP contribution in [0, 0.1) is 5.41 Å². The highest BCUT2D eigenvalue weighted by atomic mass is 16.2. The molecule has 0 aromatic carbocycles. The predicted octanol–water partition coefficient (Wildman–Crippen LogP) is 2.12. The van der Waals surface area contributed by atoms with Crippen LogP contribution in [-0.2, 0) is 4.79 Å². The van der Waals surface area contributed by atoms with Gasteiger partial charge in [0.05, 0.1) is 0 Å². The van der Waals surface area contributed by atoms with E-state index in [2.05, 4.69) is 31.4 Å². The zero-order valence-electron chi connectivity index (χ0n) is 13.3. The van der Waals surface area contributed by atoms with Crippen molar-refractivity contribution in [2.45, 2.75) is 59.4 Å². The van der Waals surface area contributed by atoms with Crippen LogP contribution in [0.4, 0.5) is 4.79 Å². The van der Waals surface area contributed by atoms with Gasteiger partial charge in [0.25, 0.3) is 0 Å². The van der Waals surface area contributed by atoms with Gasteiger partial charge in [0.15, 0.2) is 0 Å². The third-order valence-electron chi connectivity index (χ3n) is 3.50. The Morgan fingerprint density at radius 2 is 2.00 bits per heavy atom. The molecule has 0 saturated carbocycles. The molecule has 1 aliphatic rings. The number of urea groups is 1. The minimum absolute atomic E-state index is 0.0306. The van der Waals surface area contributed by atoms with E-state index in [0.717, 1.165) is 25.8 Å². The van der Waals surface area contributed by atoms with Gasteiger partial charge in [-0.15, -0.1) is 0 Å². The van der Waals surface area contributed by atoms with Crippen LogP contribution >= 0.6 is 0 Å². The second-order valence-electron chi connectivity index (χ2n) is 6.75. The fraction of sp³-hybridized carbons (Fsp3) is 0.867. The van der Waals surface area contributed by atoms with Crippen LogP contribution in [0.2, 0.25) is 0 Å². The maximum Gasteiger partial charge on any atom is 0.317 e. The average molecular weight is 283 g/mol. The van der Waals surface area contributed by atoms with Gasteiger partial charge in [0.1, 0.15) is 0 Å². The Hall–Kier alpha value is -1.26. The molecule has 0 bridgehead atoms. The molecule has 5 nitrogen and oxygen atoms in total. The van der Waals surface area contributed by atoms with E-state index in [1.165, 1.54) is 0 Å². The van der Waals surface area contributed by atoms with E-state index in [0.29, 0.717) is 19.5 Å². The Morgan fingerprint density at radius 1 is 1.30 bits per heavy atom. The van der Waals surface area contributed by atoms with Crippen LogP contribution in [0.1, 0.15) is 53.4 Å². The van der Waals surface area contributed by atoms with Gasteiger partial charge < -0.3 is 15.5 Å². The third-order valence-corrected chi connectivity index (χ3v) is 3.50. The van der Waals surface area contributed by atoms with Gasteiger partial charge in [0.2, 0.25) is 5.91 Å². The smallest absolute Gasteiger partial charge is 0.317 e. The lowest BCUT2D eigenvalue weighted by molar-refractivity contribution is -0.121. The number of hydrogen-bond donors (Lipinski definition) is 2. The van der Waals surface area contributed by atoms with Crippen LogP contribution in [0.25, 0.3) is 0 Å². The molecule has 0 aliphatic carbocycles. The Balaban J connectivity index is 2.22. The van der Waals surface area contributed by atoms with Gasteiger partial charge in [-0.25, -0.2) is 4.79 Å². The summed E-state index contributed by atoms with van der Waals surface area (Å²) < 4.78 is 0. The zero-order chi connectivity index (χ0) is 15.2. The quantitative estimate of drug-likeness (QED) is 0.812. The van der Waals surface area contributed by atoms with Crippen LogP contribution in [-0.4, -0.2) is 42.5 Å². The largest absolute Gasteiger partial charge is 0.352 e. The summed E-state index contributed by atoms with van der Waals surface area (Å²) in [6.45, 7) is 10.4. The van der Waals surface area contributed by atoms with Gasteiger partial charge in [-0.1, -0.05) is 20.8 Å². The molecule has 1 saturated heterocycles. The molecular formula is C15H29N3O2. The van der Waals surface area contributed by atoms with E-state index in [9.17, 15) is 9.59 Å². The molecule has 116 valence electrons. The summed E-state index contributed by atoms with van der Waals surface area (Å²) in [7, 11) is 0. The Bertz CT molecular complexity index is 337. The van der Waals surface area contributed by atoms with Gasteiger partial charge in [0, 0.05) is 32.1 Å². The van der Waals surface area contributed by atoms with Gasteiger partial charge in [-0.05, 0) is 31.6 Å². The molecule has 1 atom stereocenters. The number of likely N-dealkylation sites (tertiary alicyclic amines) is 1. The lowest BCUT2D eigenvalue weighted by Crippen LogP contribution is -2.42. The van der Waals surface area contributed by atoms with Crippen LogP contribution in [0.3, 0.4) is 0 Å².